The molecule has 0 radical (unpaired) electrons. The minimum atomic E-state index is -3.68. The zero-order valence-corrected chi connectivity index (χ0v) is 15.6. The molecule has 5 heteroatoms. The molecule has 134 valence electrons. The smallest absolute Gasteiger partial charge is 0.296 e. The highest BCUT2D eigenvalue weighted by molar-refractivity contribution is 7.86. The summed E-state index contributed by atoms with van der Waals surface area (Å²) in [6.45, 7) is 6.12. The Morgan fingerprint density at radius 3 is 2.44 bits per heavy atom. The van der Waals surface area contributed by atoms with Crippen molar-refractivity contribution >= 4 is 10.1 Å². The fraction of sp³-hybridized carbons (Fsp3) is 0.400. The molecule has 1 aliphatic rings. The van der Waals surface area contributed by atoms with Crippen LogP contribution < -0.4 is 0 Å². The molecule has 1 heterocycles. The first-order chi connectivity index (χ1) is 11.9. The van der Waals surface area contributed by atoms with E-state index in [1.807, 2.05) is 25.1 Å². The van der Waals surface area contributed by atoms with E-state index in [1.54, 1.807) is 24.3 Å². The highest BCUT2D eigenvalue weighted by Gasteiger charge is 2.30. The van der Waals surface area contributed by atoms with E-state index in [4.69, 9.17) is 4.18 Å². The van der Waals surface area contributed by atoms with Gasteiger partial charge in [0.25, 0.3) is 10.1 Å². The molecule has 0 aromatic heterocycles. The summed E-state index contributed by atoms with van der Waals surface area (Å²) in [5.74, 6) is 0.235. The molecule has 25 heavy (non-hydrogen) atoms. The van der Waals surface area contributed by atoms with Gasteiger partial charge in [0.1, 0.15) is 0 Å². The molecular formula is C20H25NO3S. The van der Waals surface area contributed by atoms with Crippen LogP contribution in [0.15, 0.2) is 59.5 Å². The lowest BCUT2D eigenvalue weighted by Crippen LogP contribution is -2.27. The molecule has 0 spiro atoms. The summed E-state index contributed by atoms with van der Waals surface area (Å²) in [6.07, 6.45) is 0.955. The van der Waals surface area contributed by atoms with Crippen LogP contribution in [-0.2, 0) is 20.8 Å². The maximum absolute atomic E-state index is 12.3. The molecule has 3 rings (SSSR count). The Morgan fingerprint density at radius 1 is 1.08 bits per heavy atom. The van der Waals surface area contributed by atoms with E-state index >= 15 is 0 Å². The molecule has 2 atom stereocenters. The Bertz CT molecular complexity index is 787. The van der Waals surface area contributed by atoms with E-state index in [1.165, 1.54) is 5.56 Å². The number of nitrogens with zero attached hydrogens (tertiary/aromatic N) is 1. The lowest BCUT2D eigenvalue weighted by Gasteiger charge is -2.21. The van der Waals surface area contributed by atoms with Gasteiger partial charge in [-0.15, -0.1) is 0 Å². The van der Waals surface area contributed by atoms with Gasteiger partial charge >= 0.3 is 0 Å². The van der Waals surface area contributed by atoms with Gasteiger partial charge in [-0.3, -0.25) is 9.08 Å². The Balaban J connectivity index is 1.56. The molecular weight excluding hydrogens is 334 g/mol. The first kappa shape index (κ1) is 18.1. The normalized spacial score (nSPS) is 21.5. The van der Waals surface area contributed by atoms with E-state index in [9.17, 15) is 8.42 Å². The van der Waals surface area contributed by atoms with Crippen LogP contribution in [0, 0.1) is 12.8 Å². The summed E-state index contributed by atoms with van der Waals surface area (Å²) in [7, 11) is -3.68. The minimum absolute atomic E-state index is 0.227. The van der Waals surface area contributed by atoms with Crippen molar-refractivity contribution in [3.8, 4) is 0 Å². The van der Waals surface area contributed by atoms with Crippen LogP contribution in [0.4, 0.5) is 0 Å². The Morgan fingerprint density at radius 2 is 1.76 bits per heavy atom. The summed E-state index contributed by atoms with van der Waals surface area (Å²) >= 11 is 0. The van der Waals surface area contributed by atoms with Crippen LogP contribution in [0.3, 0.4) is 0 Å². The number of benzene rings is 2. The maximum Gasteiger partial charge on any atom is 0.296 e. The zero-order chi connectivity index (χ0) is 17.9. The SMILES string of the molecule is Cc1ccc(S(=O)(=O)OC[C@@H]2C[C@@H](C)N(Cc3ccccc3)C2)cc1. The summed E-state index contributed by atoms with van der Waals surface area (Å²) in [5, 5.41) is 0. The monoisotopic (exact) mass is 359 g/mol. The number of hydrogen-bond acceptors (Lipinski definition) is 4. The van der Waals surface area contributed by atoms with Crippen LogP contribution in [0.2, 0.25) is 0 Å². The van der Waals surface area contributed by atoms with E-state index < -0.39 is 10.1 Å². The largest absolute Gasteiger partial charge is 0.296 e. The van der Waals surface area contributed by atoms with Crippen LogP contribution >= 0.6 is 0 Å². The van der Waals surface area contributed by atoms with E-state index in [0.717, 1.165) is 25.1 Å². The van der Waals surface area contributed by atoms with Crippen molar-refractivity contribution < 1.29 is 12.6 Å². The summed E-state index contributed by atoms with van der Waals surface area (Å²) in [5.41, 5.74) is 2.31. The van der Waals surface area contributed by atoms with E-state index in [2.05, 4.69) is 24.0 Å². The number of hydrogen-bond donors (Lipinski definition) is 0. The Labute approximate surface area is 150 Å². The van der Waals surface area contributed by atoms with Gasteiger partial charge in [0.05, 0.1) is 11.5 Å². The van der Waals surface area contributed by atoms with Gasteiger partial charge < -0.3 is 0 Å². The first-order valence-corrected chi connectivity index (χ1v) is 10.1. The molecule has 1 saturated heterocycles. The van der Waals surface area contributed by atoms with Crippen LogP contribution in [0.5, 0.6) is 0 Å². The van der Waals surface area contributed by atoms with E-state index in [0.29, 0.717) is 6.04 Å². The summed E-state index contributed by atoms with van der Waals surface area (Å²) in [6, 6.07) is 17.6. The summed E-state index contributed by atoms with van der Waals surface area (Å²) in [4.78, 5) is 2.62. The number of aryl methyl sites for hydroxylation is 1. The highest BCUT2D eigenvalue weighted by atomic mass is 32.2. The van der Waals surface area contributed by atoms with Gasteiger partial charge in [-0.1, -0.05) is 48.0 Å². The van der Waals surface area contributed by atoms with Crippen LogP contribution in [-0.4, -0.2) is 32.5 Å². The number of rotatable bonds is 6. The summed E-state index contributed by atoms with van der Waals surface area (Å²) < 4.78 is 30.0. The third-order valence-electron chi connectivity index (χ3n) is 4.79. The van der Waals surface area contributed by atoms with Crippen molar-refractivity contribution in [1.29, 1.82) is 0 Å². The minimum Gasteiger partial charge on any atom is -0.296 e. The Hall–Kier alpha value is -1.69. The van der Waals surface area contributed by atoms with Gasteiger partial charge in [-0.05, 0) is 43.9 Å². The highest BCUT2D eigenvalue weighted by Crippen LogP contribution is 2.26. The number of likely N-dealkylation sites (tertiary alicyclic amines) is 1. The first-order valence-electron chi connectivity index (χ1n) is 8.68. The predicted molar refractivity (Wildman–Crippen MR) is 98.7 cm³/mol. The molecule has 1 fully saturated rings. The molecule has 0 N–H and O–H groups in total. The van der Waals surface area contributed by atoms with Gasteiger partial charge in [-0.2, -0.15) is 8.42 Å². The lowest BCUT2D eigenvalue weighted by atomic mass is 10.1. The second-order valence-corrected chi connectivity index (χ2v) is 8.53. The molecule has 0 aliphatic carbocycles. The van der Waals surface area contributed by atoms with Crippen LogP contribution in [0.1, 0.15) is 24.5 Å². The van der Waals surface area contributed by atoms with Gasteiger partial charge in [0, 0.05) is 19.1 Å². The molecule has 1 aliphatic heterocycles. The molecule has 4 nitrogen and oxygen atoms in total. The van der Waals surface area contributed by atoms with Crippen molar-refractivity contribution in [2.75, 3.05) is 13.2 Å². The van der Waals surface area contributed by atoms with E-state index in [-0.39, 0.29) is 17.4 Å². The quantitative estimate of drug-likeness (QED) is 0.739. The van der Waals surface area contributed by atoms with Crippen molar-refractivity contribution in [2.45, 2.75) is 37.8 Å². The van der Waals surface area contributed by atoms with Gasteiger partial charge in [0.15, 0.2) is 0 Å². The topological polar surface area (TPSA) is 46.6 Å². The molecule has 2 aromatic carbocycles. The molecule has 0 amide bonds. The van der Waals surface area contributed by atoms with Crippen molar-refractivity contribution in [3.05, 3.63) is 65.7 Å². The Kier molecular flexibility index (Phi) is 5.57. The average molecular weight is 359 g/mol. The second kappa shape index (κ2) is 7.68. The molecule has 0 saturated carbocycles. The second-order valence-electron chi connectivity index (χ2n) is 6.92. The lowest BCUT2D eigenvalue weighted by molar-refractivity contribution is 0.231. The standard InChI is InChI=1S/C20H25NO3S/c1-16-8-10-20(11-9-16)25(22,23)24-15-19-12-17(2)21(14-19)13-18-6-4-3-5-7-18/h3-11,17,19H,12-15H2,1-2H3/t17-,19-/m1/s1. The molecule has 2 aromatic rings. The average Bonchev–Trinajstić information content (AvgIpc) is 2.94. The van der Waals surface area contributed by atoms with Crippen molar-refractivity contribution in [2.24, 2.45) is 5.92 Å². The molecule has 0 bridgehead atoms. The van der Waals surface area contributed by atoms with Crippen LogP contribution in [0.25, 0.3) is 0 Å². The van der Waals surface area contributed by atoms with Crippen molar-refractivity contribution in [3.63, 3.8) is 0 Å². The predicted octanol–water partition coefficient (Wildman–Crippen LogP) is 3.61. The zero-order valence-electron chi connectivity index (χ0n) is 14.8. The fourth-order valence-electron chi connectivity index (χ4n) is 3.34. The fourth-order valence-corrected chi connectivity index (χ4v) is 4.31. The van der Waals surface area contributed by atoms with Gasteiger partial charge in [-0.25, -0.2) is 0 Å². The molecule has 0 unspecified atom stereocenters. The third kappa shape index (κ3) is 4.69. The maximum atomic E-state index is 12.3. The van der Waals surface area contributed by atoms with Gasteiger partial charge in [0.2, 0.25) is 0 Å². The third-order valence-corrected chi connectivity index (χ3v) is 6.08. The van der Waals surface area contributed by atoms with Crippen molar-refractivity contribution in [1.82, 2.24) is 4.90 Å².